The summed E-state index contributed by atoms with van der Waals surface area (Å²) in [6, 6.07) is 1.92. The van der Waals surface area contributed by atoms with Crippen molar-refractivity contribution in [3.63, 3.8) is 0 Å². The third-order valence-electron chi connectivity index (χ3n) is 9.11. The van der Waals surface area contributed by atoms with Crippen molar-refractivity contribution in [3.05, 3.63) is 41.5 Å². The first kappa shape index (κ1) is 18.5. The van der Waals surface area contributed by atoms with Crippen LogP contribution >= 0.6 is 0 Å². The smallest absolute Gasteiger partial charge is 0.155 e. The van der Waals surface area contributed by atoms with Gasteiger partial charge in [0.2, 0.25) is 0 Å². The highest BCUT2D eigenvalue weighted by molar-refractivity contribution is 5.71. The lowest BCUT2D eigenvalue weighted by Gasteiger charge is -2.59. The van der Waals surface area contributed by atoms with E-state index >= 15 is 0 Å². The summed E-state index contributed by atoms with van der Waals surface area (Å²) in [5.74, 6) is 3.69. The van der Waals surface area contributed by atoms with Gasteiger partial charge in [-0.2, -0.15) is 0 Å². The number of aliphatic hydroxyl groups is 1. The molecule has 4 aliphatic carbocycles. The maximum atomic E-state index is 10.3. The third-order valence-corrected chi connectivity index (χ3v) is 9.11. The summed E-state index contributed by atoms with van der Waals surface area (Å²) in [5, 5.41) is 10.3. The van der Waals surface area contributed by atoms with Gasteiger partial charge in [-0.15, -0.1) is 0 Å². The minimum Gasteiger partial charge on any atom is -0.393 e. The number of aromatic nitrogens is 2. The molecular weight excluding hydrogens is 344 g/mol. The van der Waals surface area contributed by atoms with E-state index in [2.05, 4.69) is 43.7 Å². The molecule has 0 aromatic carbocycles. The Labute approximate surface area is 169 Å². The third kappa shape index (κ3) is 2.44. The van der Waals surface area contributed by atoms with Gasteiger partial charge < -0.3 is 5.11 Å². The number of hydrogen-bond donors (Lipinski definition) is 1. The SMILES string of the molecule is CC1=C(c2ncccn2)[C@@]2(C)CC[C@H]3[C@@H]([C@@H](C)C=C4C[C@@H](O)CC[C@@]43C)[C@@H]2C1. The fourth-order valence-electron chi connectivity index (χ4n) is 7.81. The second-order valence-electron chi connectivity index (χ2n) is 10.5. The minimum atomic E-state index is -0.130. The molecule has 2 fully saturated rings. The van der Waals surface area contributed by atoms with Crippen molar-refractivity contribution in [2.75, 3.05) is 0 Å². The average molecular weight is 379 g/mol. The summed E-state index contributed by atoms with van der Waals surface area (Å²) in [6.45, 7) is 9.75. The van der Waals surface area contributed by atoms with Gasteiger partial charge in [-0.3, -0.25) is 0 Å². The van der Waals surface area contributed by atoms with E-state index in [-0.39, 0.29) is 16.9 Å². The molecule has 1 aromatic heterocycles. The quantitative estimate of drug-likeness (QED) is 0.663. The number of rotatable bonds is 1. The zero-order valence-corrected chi connectivity index (χ0v) is 17.8. The van der Waals surface area contributed by atoms with Crippen LogP contribution in [0.5, 0.6) is 0 Å². The molecule has 1 aromatic rings. The predicted octanol–water partition coefficient (Wildman–Crippen LogP) is 5.43. The lowest BCUT2D eigenvalue weighted by Crippen LogP contribution is -2.52. The largest absolute Gasteiger partial charge is 0.393 e. The molecule has 2 saturated carbocycles. The summed E-state index contributed by atoms with van der Waals surface area (Å²) in [5.41, 5.74) is 4.97. The second-order valence-corrected chi connectivity index (χ2v) is 10.5. The Kier molecular flexibility index (Phi) is 4.14. The van der Waals surface area contributed by atoms with E-state index in [4.69, 9.17) is 0 Å². The summed E-state index contributed by atoms with van der Waals surface area (Å²) in [6.07, 6.45) is 12.9. The maximum absolute atomic E-state index is 10.3. The molecule has 0 unspecified atom stereocenters. The molecule has 1 heterocycles. The fraction of sp³-hybridized carbons (Fsp3) is 0.680. The highest BCUT2D eigenvalue weighted by Gasteiger charge is 2.59. The standard InChI is InChI=1S/C25H34N2O/c1-15-12-17-14-18(28)6-8-24(17,3)19-7-9-25(4)20(21(15)19)13-16(2)22(25)23-26-10-5-11-27-23/h5,10-12,15,18-21,28H,6-9,13-14H2,1-4H3/t15-,18-,19-,20-,21+,24-,25-/m0/s1. The molecule has 1 N–H and O–H groups in total. The Morgan fingerprint density at radius 1 is 1.00 bits per heavy atom. The van der Waals surface area contributed by atoms with Crippen LogP contribution in [-0.2, 0) is 0 Å². The normalized spacial score (nSPS) is 45.2. The molecule has 3 heteroatoms. The zero-order valence-electron chi connectivity index (χ0n) is 17.8. The highest BCUT2D eigenvalue weighted by atomic mass is 16.3. The van der Waals surface area contributed by atoms with Gasteiger partial charge in [-0.1, -0.05) is 38.0 Å². The molecule has 0 bridgehead atoms. The molecule has 0 spiro atoms. The topological polar surface area (TPSA) is 46.0 Å². The Bertz CT molecular complexity index is 843. The van der Waals surface area contributed by atoms with Crippen LogP contribution in [0.25, 0.3) is 5.57 Å². The summed E-state index contributed by atoms with van der Waals surface area (Å²) < 4.78 is 0. The van der Waals surface area contributed by atoms with Crippen molar-refractivity contribution in [1.29, 1.82) is 0 Å². The van der Waals surface area contributed by atoms with Gasteiger partial charge >= 0.3 is 0 Å². The Morgan fingerprint density at radius 3 is 2.46 bits per heavy atom. The number of nitrogens with zero attached hydrogens (tertiary/aromatic N) is 2. The molecule has 7 atom stereocenters. The molecule has 28 heavy (non-hydrogen) atoms. The number of allylic oxidation sites excluding steroid dienone is 3. The first-order valence-corrected chi connectivity index (χ1v) is 11.2. The van der Waals surface area contributed by atoms with E-state index in [0.717, 1.165) is 36.9 Å². The maximum Gasteiger partial charge on any atom is 0.155 e. The van der Waals surface area contributed by atoms with Gasteiger partial charge in [0.15, 0.2) is 5.82 Å². The highest BCUT2D eigenvalue weighted by Crippen LogP contribution is 2.68. The minimum absolute atomic E-state index is 0.130. The van der Waals surface area contributed by atoms with Gasteiger partial charge in [0, 0.05) is 18.0 Å². The van der Waals surface area contributed by atoms with E-state index in [9.17, 15) is 5.11 Å². The van der Waals surface area contributed by atoms with E-state index in [1.54, 1.807) is 5.57 Å². The van der Waals surface area contributed by atoms with E-state index in [1.165, 1.54) is 30.4 Å². The van der Waals surface area contributed by atoms with Crippen molar-refractivity contribution in [2.45, 2.75) is 72.3 Å². The van der Waals surface area contributed by atoms with Crippen molar-refractivity contribution >= 4 is 5.57 Å². The molecule has 5 rings (SSSR count). The molecule has 4 aliphatic rings. The van der Waals surface area contributed by atoms with Crippen molar-refractivity contribution in [3.8, 4) is 0 Å². The molecule has 150 valence electrons. The van der Waals surface area contributed by atoms with Crippen molar-refractivity contribution < 1.29 is 5.11 Å². The van der Waals surface area contributed by atoms with E-state index in [1.807, 2.05) is 18.5 Å². The zero-order chi connectivity index (χ0) is 19.7. The van der Waals surface area contributed by atoms with Crippen LogP contribution in [0.2, 0.25) is 0 Å². The van der Waals surface area contributed by atoms with Crippen molar-refractivity contribution in [1.82, 2.24) is 9.97 Å². The first-order chi connectivity index (χ1) is 13.3. The van der Waals surface area contributed by atoms with Gasteiger partial charge in [-0.05, 0) is 86.0 Å². The Morgan fingerprint density at radius 2 is 1.71 bits per heavy atom. The molecule has 3 nitrogen and oxygen atoms in total. The van der Waals surface area contributed by atoms with Crippen LogP contribution in [0.4, 0.5) is 0 Å². The summed E-state index contributed by atoms with van der Waals surface area (Å²) in [4.78, 5) is 9.30. The number of aliphatic hydroxyl groups excluding tert-OH is 1. The molecule has 0 amide bonds. The number of fused-ring (bicyclic) bond motifs is 5. The Balaban J connectivity index is 1.55. The number of hydrogen-bond acceptors (Lipinski definition) is 3. The van der Waals surface area contributed by atoms with Crippen LogP contribution in [0, 0.1) is 34.5 Å². The lowest BCUT2D eigenvalue weighted by atomic mass is 9.45. The fourth-order valence-corrected chi connectivity index (χ4v) is 7.81. The van der Waals surface area contributed by atoms with Crippen LogP contribution in [-0.4, -0.2) is 21.2 Å². The van der Waals surface area contributed by atoms with Crippen LogP contribution in [0.3, 0.4) is 0 Å². The Hall–Kier alpha value is -1.48. The van der Waals surface area contributed by atoms with Gasteiger partial charge in [0.25, 0.3) is 0 Å². The van der Waals surface area contributed by atoms with Crippen LogP contribution in [0.15, 0.2) is 35.7 Å². The van der Waals surface area contributed by atoms with Crippen LogP contribution in [0.1, 0.15) is 72.0 Å². The second kappa shape index (κ2) is 6.26. The lowest BCUT2D eigenvalue weighted by molar-refractivity contribution is -0.0429. The van der Waals surface area contributed by atoms with Gasteiger partial charge in [0.05, 0.1) is 6.10 Å². The monoisotopic (exact) mass is 378 g/mol. The van der Waals surface area contributed by atoms with Gasteiger partial charge in [0.1, 0.15) is 0 Å². The summed E-state index contributed by atoms with van der Waals surface area (Å²) in [7, 11) is 0. The first-order valence-electron chi connectivity index (χ1n) is 11.2. The summed E-state index contributed by atoms with van der Waals surface area (Å²) >= 11 is 0. The molecule has 0 saturated heterocycles. The average Bonchev–Trinajstić information content (AvgIpc) is 2.94. The van der Waals surface area contributed by atoms with Gasteiger partial charge in [-0.25, -0.2) is 9.97 Å². The predicted molar refractivity (Wildman–Crippen MR) is 112 cm³/mol. The molecular formula is C25H34N2O. The molecule has 0 radical (unpaired) electrons. The van der Waals surface area contributed by atoms with Crippen molar-refractivity contribution in [2.24, 2.45) is 34.5 Å². The van der Waals surface area contributed by atoms with Crippen LogP contribution < -0.4 is 0 Å². The molecule has 0 aliphatic heterocycles. The van der Waals surface area contributed by atoms with E-state index < -0.39 is 0 Å². The van der Waals surface area contributed by atoms with E-state index in [0.29, 0.717) is 11.8 Å².